The summed E-state index contributed by atoms with van der Waals surface area (Å²) in [6, 6.07) is 4.79. The van der Waals surface area contributed by atoms with E-state index in [1.54, 1.807) is 11.3 Å². The molecule has 7 nitrogen and oxygen atoms in total. The van der Waals surface area contributed by atoms with Crippen LogP contribution in [0.1, 0.15) is 5.56 Å². The summed E-state index contributed by atoms with van der Waals surface area (Å²) in [6.07, 6.45) is 0. The number of fused-ring (bicyclic) bond motifs is 1. The molecule has 1 aliphatic heterocycles. The summed E-state index contributed by atoms with van der Waals surface area (Å²) in [6.45, 7) is 0.337. The average Bonchev–Trinajstić information content (AvgIpc) is 2.97. The molecule has 0 unspecified atom stereocenters. The number of rotatable bonds is 4. The minimum atomic E-state index is -0.476. The Labute approximate surface area is 123 Å². The number of carbonyl (C=O) groups excluding carboxylic acids is 1. The smallest absolute Gasteiger partial charge is 0.296 e. The Bertz CT molecular complexity index is 700. The fraction of sp³-hybridized carbons (Fsp3) is 0.154. The van der Waals surface area contributed by atoms with Crippen molar-refractivity contribution in [3.05, 3.63) is 44.6 Å². The van der Waals surface area contributed by atoms with Gasteiger partial charge in [-0.2, -0.15) is 11.3 Å². The van der Waals surface area contributed by atoms with Gasteiger partial charge in [-0.3, -0.25) is 14.9 Å². The van der Waals surface area contributed by atoms with Crippen molar-refractivity contribution in [1.82, 2.24) is 0 Å². The highest BCUT2D eigenvalue weighted by Crippen LogP contribution is 2.38. The number of amides is 1. The Morgan fingerprint density at radius 3 is 3.05 bits per heavy atom. The summed E-state index contributed by atoms with van der Waals surface area (Å²) in [5, 5.41) is 20.7. The highest BCUT2D eigenvalue weighted by molar-refractivity contribution is 7.07. The van der Waals surface area contributed by atoms with Crippen molar-refractivity contribution in [2.75, 3.05) is 17.2 Å². The van der Waals surface area contributed by atoms with E-state index in [4.69, 9.17) is 4.74 Å². The van der Waals surface area contributed by atoms with Crippen LogP contribution < -0.4 is 15.4 Å². The maximum Gasteiger partial charge on any atom is 0.296 e. The SMILES string of the molecule is O=C1COc2cc([N+](=O)[O-])c(NCc3ccsc3)cc2N1. The molecule has 1 aromatic carbocycles. The molecule has 1 aliphatic rings. The average molecular weight is 305 g/mol. The van der Waals surface area contributed by atoms with Crippen LogP contribution in [0.2, 0.25) is 0 Å². The number of carbonyl (C=O) groups is 1. The first-order chi connectivity index (χ1) is 10.1. The molecule has 0 atom stereocenters. The maximum atomic E-state index is 11.3. The minimum Gasteiger partial charge on any atom is -0.481 e. The van der Waals surface area contributed by atoms with Crippen molar-refractivity contribution in [2.24, 2.45) is 0 Å². The summed E-state index contributed by atoms with van der Waals surface area (Å²) < 4.78 is 5.19. The standard InChI is InChI=1S/C13H11N3O4S/c17-13-6-20-12-4-11(16(18)19)9(3-10(12)15-13)14-5-8-1-2-21-7-8/h1-4,7,14H,5-6H2,(H,15,17). The first kappa shape index (κ1) is 13.4. The van der Waals surface area contributed by atoms with E-state index in [-0.39, 0.29) is 18.2 Å². The third-order valence-corrected chi connectivity index (χ3v) is 3.72. The molecule has 2 heterocycles. The van der Waals surface area contributed by atoms with Crippen LogP contribution >= 0.6 is 11.3 Å². The van der Waals surface area contributed by atoms with Crippen molar-refractivity contribution in [3.8, 4) is 5.75 Å². The zero-order valence-corrected chi connectivity index (χ0v) is 11.6. The number of hydrogen-bond donors (Lipinski definition) is 2. The van der Waals surface area contributed by atoms with Crippen LogP contribution in [0.25, 0.3) is 0 Å². The third-order valence-electron chi connectivity index (χ3n) is 2.99. The summed E-state index contributed by atoms with van der Waals surface area (Å²) in [5.74, 6) is 0.0301. The number of nitrogens with zero attached hydrogens (tertiary/aromatic N) is 1. The Hall–Kier alpha value is -2.61. The quantitative estimate of drug-likeness (QED) is 0.669. The Morgan fingerprint density at radius 2 is 2.33 bits per heavy atom. The Morgan fingerprint density at radius 1 is 1.48 bits per heavy atom. The molecule has 0 bridgehead atoms. The van der Waals surface area contributed by atoms with E-state index in [9.17, 15) is 14.9 Å². The number of hydrogen-bond acceptors (Lipinski definition) is 6. The van der Waals surface area contributed by atoms with Gasteiger partial charge in [-0.15, -0.1) is 0 Å². The molecular weight excluding hydrogens is 294 g/mol. The second kappa shape index (κ2) is 5.41. The molecule has 2 N–H and O–H groups in total. The lowest BCUT2D eigenvalue weighted by Crippen LogP contribution is -2.25. The molecule has 21 heavy (non-hydrogen) atoms. The van der Waals surface area contributed by atoms with E-state index in [1.807, 2.05) is 16.8 Å². The predicted molar refractivity (Wildman–Crippen MR) is 78.9 cm³/mol. The minimum absolute atomic E-state index is 0.0832. The number of benzene rings is 1. The largest absolute Gasteiger partial charge is 0.481 e. The lowest BCUT2D eigenvalue weighted by atomic mass is 10.2. The van der Waals surface area contributed by atoms with Gasteiger partial charge in [0, 0.05) is 6.54 Å². The highest BCUT2D eigenvalue weighted by atomic mass is 32.1. The molecule has 0 saturated carbocycles. The van der Waals surface area contributed by atoms with Gasteiger partial charge in [-0.25, -0.2) is 0 Å². The van der Waals surface area contributed by atoms with E-state index < -0.39 is 4.92 Å². The van der Waals surface area contributed by atoms with Crippen LogP contribution in [0.3, 0.4) is 0 Å². The molecule has 0 fully saturated rings. The normalized spacial score (nSPS) is 13.0. The number of nitrogens with one attached hydrogen (secondary N) is 2. The van der Waals surface area contributed by atoms with Crippen LogP contribution in [0.4, 0.5) is 17.1 Å². The van der Waals surface area contributed by atoms with Gasteiger partial charge in [-0.1, -0.05) is 0 Å². The van der Waals surface area contributed by atoms with E-state index in [0.717, 1.165) is 5.56 Å². The first-order valence-electron chi connectivity index (χ1n) is 6.13. The molecule has 108 valence electrons. The van der Waals surface area contributed by atoms with Gasteiger partial charge in [0.1, 0.15) is 5.69 Å². The topological polar surface area (TPSA) is 93.5 Å². The number of nitro groups is 1. The van der Waals surface area contributed by atoms with Crippen LogP contribution in [-0.2, 0) is 11.3 Å². The van der Waals surface area contributed by atoms with Gasteiger partial charge in [0.15, 0.2) is 12.4 Å². The van der Waals surface area contributed by atoms with Crippen molar-refractivity contribution < 1.29 is 14.5 Å². The number of anilines is 2. The first-order valence-corrected chi connectivity index (χ1v) is 7.08. The van der Waals surface area contributed by atoms with Gasteiger partial charge in [0.2, 0.25) is 0 Å². The second-order valence-electron chi connectivity index (χ2n) is 4.44. The molecule has 1 aromatic heterocycles. The van der Waals surface area contributed by atoms with Crippen LogP contribution in [-0.4, -0.2) is 17.4 Å². The number of thiophene rings is 1. The maximum absolute atomic E-state index is 11.3. The fourth-order valence-electron chi connectivity index (χ4n) is 2.00. The van der Waals surface area contributed by atoms with E-state index >= 15 is 0 Å². The van der Waals surface area contributed by atoms with Crippen LogP contribution in [0.15, 0.2) is 29.0 Å². The van der Waals surface area contributed by atoms with Crippen LogP contribution in [0, 0.1) is 10.1 Å². The summed E-state index contributed by atoms with van der Waals surface area (Å²) >= 11 is 1.56. The second-order valence-corrected chi connectivity index (χ2v) is 5.22. The predicted octanol–water partition coefficient (Wildman–Crippen LogP) is 2.60. The molecule has 0 saturated heterocycles. The van der Waals surface area contributed by atoms with E-state index in [1.165, 1.54) is 12.1 Å². The van der Waals surface area contributed by atoms with Crippen molar-refractivity contribution in [1.29, 1.82) is 0 Å². The molecule has 0 radical (unpaired) electrons. The lowest BCUT2D eigenvalue weighted by Gasteiger charge is -2.19. The summed E-state index contributed by atoms with van der Waals surface area (Å²) in [7, 11) is 0. The third kappa shape index (κ3) is 2.79. The summed E-state index contributed by atoms with van der Waals surface area (Å²) in [4.78, 5) is 22.0. The molecule has 0 spiro atoms. The van der Waals surface area contributed by atoms with Crippen molar-refractivity contribution in [2.45, 2.75) is 6.54 Å². The van der Waals surface area contributed by atoms with Crippen molar-refractivity contribution >= 4 is 34.3 Å². The summed E-state index contributed by atoms with van der Waals surface area (Å²) in [5.41, 5.74) is 1.73. The van der Waals surface area contributed by atoms with Gasteiger partial charge in [0.25, 0.3) is 11.6 Å². The van der Waals surface area contributed by atoms with E-state index in [2.05, 4.69) is 10.6 Å². The lowest BCUT2D eigenvalue weighted by molar-refractivity contribution is -0.384. The monoisotopic (exact) mass is 305 g/mol. The number of ether oxygens (including phenoxy) is 1. The Kier molecular flexibility index (Phi) is 3.44. The zero-order chi connectivity index (χ0) is 14.8. The molecule has 3 rings (SSSR count). The van der Waals surface area contributed by atoms with Gasteiger partial charge >= 0.3 is 0 Å². The molecule has 2 aromatic rings. The molecule has 0 aliphatic carbocycles. The molecule has 1 amide bonds. The Balaban J connectivity index is 1.91. The van der Waals surface area contributed by atoms with Crippen molar-refractivity contribution in [3.63, 3.8) is 0 Å². The van der Waals surface area contributed by atoms with E-state index in [0.29, 0.717) is 23.7 Å². The zero-order valence-electron chi connectivity index (χ0n) is 10.8. The van der Waals surface area contributed by atoms with Gasteiger partial charge in [0.05, 0.1) is 16.7 Å². The van der Waals surface area contributed by atoms with Crippen LogP contribution in [0.5, 0.6) is 5.75 Å². The molecular formula is C13H11N3O4S. The fourth-order valence-corrected chi connectivity index (χ4v) is 2.67. The van der Waals surface area contributed by atoms with Gasteiger partial charge < -0.3 is 15.4 Å². The number of nitro benzene ring substituents is 1. The highest BCUT2D eigenvalue weighted by Gasteiger charge is 2.23. The molecule has 8 heteroatoms. The van der Waals surface area contributed by atoms with Gasteiger partial charge in [-0.05, 0) is 28.5 Å².